The van der Waals surface area contributed by atoms with Gasteiger partial charge in [0.15, 0.2) is 11.2 Å². The maximum Gasteiger partial charge on any atom is 0.245 e. The zero-order chi connectivity index (χ0) is 15.4. The Morgan fingerprint density at radius 3 is 2.90 bits per heavy atom. The minimum atomic E-state index is -0.437. The van der Waals surface area contributed by atoms with Crippen LogP contribution >= 0.6 is 11.6 Å². The van der Waals surface area contributed by atoms with E-state index in [4.69, 9.17) is 16.3 Å². The number of imidazole rings is 1. The minimum Gasteiger partial charge on any atom is -0.479 e. The number of hydrogen-bond donors (Lipinski definition) is 1. The largest absolute Gasteiger partial charge is 0.479 e. The number of amides is 1. The van der Waals surface area contributed by atoms with Crippen LogP contribution in [-0.4, -0.2) is 45.0 Å². The number of carbonyl (C=O) groups excluding carboxylic acids is 1. The van der Waals surface area contributed by atoms with Gasteiger partial charge in [-0.3, -0.25) is 4.79 Å². The SMILES string of the molecule is CCNC(=O)C(C)n1c(CCCl)nc2c(OC)ncnc21. The highest BCUT2D eigenvalue weighted by Gasteiger charge is 2.23. The van der Waals surface area contributed by atoms with Gasteiger partial charge in [-0.25, -0.2) is 9.97 Å². The highest BCUT2D eigenvalue weighted by molar-refractivity contribution is 6.17. The molecule has 0 aromatic carbocycles. The van der Waals surface area contributed by atoms with Crippen LogP contribution in [0, 0.1) is 0 Å². The van der Waals surface area contributed by atoms with Gasteiger partial charge in [-0.2, -0.15) is 4.98 Å². The van der Waals surface area contributed by atoms with E-state index in [1.54, 1.807) is 11.5 Å². The number of ether oxygens (including phenoxy) is 1. The number of methoxy groups -OCH3 is 1. The first-order valence-corrected chi connectivity index (χ1v) is 7.26. The Morgan fingerprint density at radius 2 is 2.29 bits per heavy atom. The van der Waals surface area contributed by atoms with Gasteiger partial charge in [-0.05, 0) is 13.8 Å². The highest BCUT2D eigenvalue weighted by Crippen LogP contribution is 2.25. The molecular weight excluding hydrogens is 294 g/mol. The monoisotopic (exact) mass is 311 g/mol. The Hall–Kier alpha value is -1.89. The quantitative estimate of drug-likeness (QED) is 0.813. The number of aromatic nitrogens is 4. The minimum absolute atomic E-state index is 0.0924. The molecule has 8 heteroatoms. The third-order valence-corrected chi connectivity index (χ3v) is 3.33. The topological polar surface area (TPSA) is 81.9 Å². The molecule has 0 radical (unpaired) electrons. The molecule has 114 valence electrons. The van der Waals surface area contributed by atoms with E-state index in [1.807, 2.05) is 6.92 Å². The van der Waals surface area contributed by atoms with Gasteiger partial charge in [-0.15, -0.1) is 11.6 Å². The molecule has 2 aromatic heterocycles. The molecule has 0 saturated heterocycles. The second kappa shape index (κ2) is 6.71. The molecule has 2 heterocycles. The highest BCUT2D eigenvalue weighted by atomic mass is 35.5. The van der Waals surface area contributed by atoms with E-state index in [9.17, 15) is 4.79 Å². The maximum atomic E-state index is 12.1. The molecular formula is C13H18ClN5O2. The predicted molar refractivity (Wildman–Crippen MR) is 79.7 cm³/mol. The summed E-state index contributed by atoms with van der Waals surface area (Å²) in [6, 6.07) is -0.437. The Morgan fingerprint density at radius 1 is 1.52 bits per heavy atom. The molecule has 0 fully saturated rings. The van der Waals surface area contributed by atoms with Crippen molar-refractivity contribution >= 4 is 28.7 Å². The molecule has 2 aromatic rings. The lowest BCUT2D eigenvalue weighted by atomic mass is 10.3. The van der Waals surface area contributed by atoms with Crippen LogP contribution < -0.4 is 10.1 Å². The summed E-state index contributed by atoms with van der Waals surface area (Å²) in [6.45, 7) is 4.25. The van der Waals surface area contributed by atoms with Crippen LogP contribution in [-0.2, 0) is 11.2 Å². The van der Waals surface area contributed by atoms with Crippen LogP contribution in [0.4, 0.5) is 0 Å². The molecule has 0 bridgehead atoms. The lowest BCUT2D eigenvalue weighted by Gasteiger charge is -2.16. The number of nitrogens with zero attached hydrogens (tertiary/aromatic N) is 4. The van der Waals surface area contributed by atoms with Gasteiger partial charge in [0.05, 0.1) is 7.11 Å². The second-order valence-electron chi connectivity index (χ2n) is 4.46. The van der Waals surface area contributed by atoms with E-state index in [-0.39, 0.29) is 5.91 Å². The van der Waals surface area contributed by atoms with Crippen molar-refractivity contribution in [3.8, 4) is 5.88 Å². The van der Waals surface area contributed by atoms with Gasteiger partial charge in [-0.1, -0.05) is 0 Å². The average molecular weight is 312 g/mol. The van der Waals surface area contributed by atoms with Crippen molar-refractivity contribution in [2.75, 3.05) is 19.5 Å². The zero-order valence-corrected chi connectivity index (χ0v) is 13.0. The second-order valence-corrected chi connectivity index (χ2v) is 4.84. The van der Waals surface area contributed by atoms with E-state index in [0.29, 0.717) is 41.7 Å². The van der Waals surface area contributed by atoms with Gasteiger partial charge in [0.1, 0.15) is 18.2 Å². The van der Waals surface area contributed by atoms with Crippen molar-refractivity contribution in [3.63, 3.8) is 0 Å². The maximum absolute atomic E-state index is 12.1. The molecule has 1 unspecified atom stereocenters. The van der Waals surface area contributed by atoms with Crippen molar-refractivity contribution in [1.82, 2.24) is 24.8 Å². The van der Waals surface area contributed by atoms with Crippen LogP contribution in [0.5, 0.6) is 5.88 Å². The first-order chi connectivity index (χ1) is 10.1. The molecule has 0 saturated carbocycles. The van der Waals surface area contributed by atoms with Crippen LogP contribution in [0.15, 0.2) is 6.33 Å². The number of hydrogen-bond acceptors (Lipinski definition) is 5. The summed E-state index contributed by atoms with van der Waals surface area (Å²) < 4.78 is 6.99. The predicted octanol–water partition coefficient (Wildman–Crippen LogP) is 1.31. The summed E-state index contributed by atoms with van der Waals surface area (Å²) in [7, 11) is 1.52. The number of nitrogens with one attached hydrogen (secondary N) is 1. The molecule has 0 aliphatic rings. The lowest BCUT2D eigenvalue weighted by molar-refractivity contribution is -0.123. The number of halogens is 1. The summed E-state index contributed by atoms with van der Waals surface area (Å²) in [5.74, 6) is 1.39. The van der Waals surface area contributed by atoms with Crippen LogP contribution in [0.3, 0.4) is 0 Å². The summed E-state index contributed by atoms with van der Waals surface area (Å²) in [5, 5.41) is 2.80. The first-order valence-electron chi connectivity index (χ1n) is 6.73. The lowest BCUT2D eigenvalue weighted by Crippen LogP contribution is -2.31. The van der Waals surface area contributed by atoms with Crippen molar-refractivity contribution in [2.45, 2.75) is 26.3 Å². The van der Waals surface area contributed by atoms with Gasteiger partial charge in [0, 0.05) is 18.8 Å². The Labute approximate surface area is 127 Å². The van der Waals surface area contributed by atoms with Crippen LogP contribution in [0.25, 0.3) is 11.2 Å². The number of aryl methyl sites for hydroxylation is 1. The van der Waals surface area contributed by atoms with Crippen LogP contribution in [0.2, 0.25) is 0 Å². The van der Waals surface area contributed by atoms with Crippen molar-refractivity contribution in [1.29, 1.82) is 0 Å². The molecule has 0 spiro atoms. The fraction of sp³-hybridized carbons (Fsp3) is 0.538. The standard InChI is InChI=1S/C13H18ClN5O2/c1-4-15-12(20)8(2)19-9(5-6-14)18-10-11(19)16-7-17-13(10)21-3/h7-8H,4-6H2,1-3H3,(H,15,20). The number of rotatable bonds is 6. The molecule has 21 heavy (non-hydrogen) atoms. The molecule has 7 nitrogen and oxygen atoms in total. The number of fused-ring (bicyclic) bond motifs is 1. The van der Waals surface area contributed by atoms with Crippen molar-refractivity contribution < 1.29 is 9.53 Å². The number of likely N-dealkylation sites (N-methyl/N-ethyl adjacent to an activating group) is 1. The Balaban J connectivity index is 2.58. The summed E-state index contributed by atoms with van der Waals surface area (Å²) in [5.41, 5.74) is 1.11. The Bertz CT molecular complexity index is 643. The van der Waals surface area contributed by atoms with Crippen LogP contribution in [0.1, 0.15) is 25.7 Å². The average Bonchev–Trinajstić information content (AvgIpc) is 2.85. The molecule has 2 rings (SSSR count). The fourth-order valence-electron chi connectivity index (χ4n) is 2.19. The zero-order valence-electron chi connectivity index (χ0n) is 12.3. The van der Waals surface area contributed by atoms with Gasteiger partial charge >= 0.3 is 0 Å². The van der Waals surface area contributed by atoms with Gasteiger partial charge in [0.2, 0.25) is 11.8 Å². The van der Waals surface area contributed by atoms with E-state index in [1.165, 1.54) is 13.4 Å². The summed E-state index contributed by atoms with van der Waals surface area (Å²) in [6.07, 6.45) is 1.93. The van der Waals surface area contributed by atoms with E-state index >= 15 is 0 Å². The Kier molecular flexibility index (Phi) is 4.95. The third-order valence-electron chi connectivity index (χ3n) is 3.15. The number of carbonyl (C=O) groups is 1. The first kappa shape index (κ1) is 15.5. The fourth-order valence-corrected chi connectivity index (χ4v) is 2.36. The number of alkyl halides is 1. The van der Waals surface area contributed by atoms with E-state index < -0.39 is 6.04 Å². The van der Waals surface area contributed by atoms with Gasteiger partial charge in [0.25, 0.3) is 0 Å². The molecule has 1 N–H and O–H groups in total. The summed E-state index contributed by atoms with van der Waals surface area (Å²) in [4.78, 5) is 24.9. The van der Waals surface area contributed by atoms with Crippen molar-refractivity contribution in [2.24, 2.45) is 0 Å². The summed E-state index contributed by atoms with van der Waals surface area (Å²) >= 11 is 5.83. The molecule has 0 aliphatic carbocycles. The molecule has 0 aliphatic heterocycles. The smallest absolute Gasteiger partial charge is 0.245 e. The van der Waals surface area contributed by atoms with E-state index in [2.05, 4.69) is 20.3 Å². The van der Waals surface area contributed by atoms with Crippen molar-refractivity contribution in [3.05, 3.63) is 12.2 Å². The molecule has 1 atom stereocenters. The third kappa shape index (κ3) is 2.92. The normalized spacial score (nSPS) is 12.4. The van der Waals surface area contributed by atoms with Gasteiger partial charge < -0.3 is 14.6 Å². The molecule has 1 amide bonds. The van der Waals surface area contributed by atoms with E-state index in [0.717, 1.165) is 0 Å².